The number of nitrogens with one attached hydrogen (secondary N) is 1. The molecule has 0 aromatic carbocycles. The summed E-state index contributed by atoms with van der Waals surface area (Å²) in [5.74, 6) is 0.0322. The summed E-state index contributed by atoms with van der Waals surface area (Å²) in [6.07, 6.45) is 4.16. The first-order chi connectivity index (χ1) is 6.74. The molecular formula is C11H15N2O. The number of carbonyl (C=O) groups excluding carboxylic acids is 1. The molecule has 0 saturated carbocycles. The lowest BCUT2D eigenvalue weighted by molar-refractivity contribution is -0.116. The molecule has 0 fully saturated rings. The molecule has 3 heteroatoms. The minimum Gasteiger partial charge on any atom is -0.324 e. The predicted molar refractivity (Wildman–Crippen MR) is 56.9 cm³/mol. The number of anilines is 1. The fraction of sp³-hybridized carbons (Fsp3) is 0.364. The fourth-order valence-corrected chi connectivity index (χ4v) is 1.10. The number of hydrogen-bond acceptors (Lipinski definition) is 2. The van der Waals surface area contributed by atoms with E-state index in [1.54, 1.807) is 18.3 Å². The van der Waals surface area contributed by atoms with Crippen LogP contribution >= 0.6 is 0 Å². The number of nitrogens with zero attached hydrogens (tertiary/aromatic N) is 1. The molecule has 0 aliphatic carbocycles. The molecule has 0 saturated heterocycles. The minimum atomic E-state index is 0.0322. The lowest BCUT2D eigenvalue weighted by atomic mass is 10.2. The highest BCUT2D eigenvalue weighted by molar-refractivity contribution is 5.91. The van der Waals surface area contributed by atoms with Crippen molar-refractivity contribution in [3.05, 3.63) is 30.9 Å². The summed E-state index contributed by atoms with van der Waals surface area (Å²) >= 11 is 0. The van der Waals surface area contributed by atoms with Crippen molar-refractivity contribution >= 4 is 11.6 Å². The highest BCUT2D eigenvalue weighted by Crippen LogP contribution is 2.10. The van der Waals surface area contributed by atoms with Crippen LogP contribution in [0.5, 0.6) is 0 Å². The van der Waals surface area contributed by atoms with E-state index < -0.39 is 0 Å². The second-order valence-corrected chi connectivity index (χ2v) is 3.15. The van der Waals surface area contributed by atoms with E-state index in [0.717, 1.165) is 12.8 Å². The van der Waals surface area contributed by atoms with Gasteiger partial charge in [-0.2, -0.15) is 0 Å². The zero-order valence-electron chi connectivity index (χ0n) is 8.42. The molecule has 1 rings (SSSR count). The van der Waals surface area contributed by atoms with Crippen LogP contribution in [0.25, 0.3) is 0 Å². The Morgan fingerprint density at radius 1 is 1.64 bits per heavy atom. The zero-order chi connectivity index (χ0) is 10.4. The number of hydrogen-bond donors (Lipinski definition) is 1. The van der Waals surface area contributed by atoms with Crippen LogP contribution in [0.3, 0.4) is 0 Å². The molecule has 1 N–H and O–H groups in total. The number of aromatic nitrogens is 1. The lowest BCUT2D eigenvalue weighted by Gasteiger charge is -2.06. The number of rotatable bonds is 4. The van der Waals surface area contributed by atoms with Gasteiger partial charge in [-0.3, -0.25) is 9.78 Å². The number of amides is 1. The highest BCUT2D eigenvalue weighted by atomic mass is 16.1. The molecule has 3 nitrogen and oxygen atoms in total. The third-order valence-electron chi connectivity index (χ3n) is 1.92. The van der Waals surface area contributed by atoms with Gasteiger partial charge in [0, 0.05) is 12.6 Å². The first-order valence-corrected chi connectivity index (χ1v) is 4.81. The maximum atomic E-state index is 11.4. The first kappa shape index (κ1) is 10.7. The average Bonchev–Trinajstić information content (AvgIpc) is 2.18. The maximum Gasteiger partial charge on any atom is 0.224 e. The Balaban J connectivity index is 2.52. The maximum absolute atomic E-state index is 11.4. The molecule has 0 spiro atoms. The Morgan fingerprint density at radius 2 is 2.43 bits per heavy atom. The van der Waals surface area contributed by atoms with E-state index in [9.17, 15) is 4.79 Å². The SMILES string of the molecule is [CH2]c1ncccc1NC(=O)CCCC. The molecule has 1 radical (unpaired) electrons. The molecule has 1 aromatic rings. The van der Waals surface area contributed by atoms with Crippen molar-refractivity contribution in [1.29, 1.82) is 0 Å². The highest BCUT2D eigenvalue weighted by Gasteiger charge is 2.03. The average molecular weight is 191 g/mol. The Labute approximate surface area is 84.6 Å². The van der Waals surface area contributed by atoms with E-state index >= 15 is 0 Å². The van der Waals surface area contributed by atoms with Crippen molar-refractivity contribution in [3.8, 4) is 0 Å². The van der Waals surface area contributed by atoms with E-state index in [1.165, 1.54) is 0 Å². The molecule has 1 amide bonds. The van der Waals surface area contributed by atoms with Crippen LogP contribution in [-0.4, -0.2) is 10.9 Å². The van der Waals surface area contributed by atoms with Gasteiger partial charge in [-0.15, -0.1) is 0 Å². The van der Waals surface area contributed by atoms with Gasteiger partial charge in [-0.05, 0) is 25.5 Å². The van der Waals surface area contributed by atoms with Gasteiger partial charge < -0.3 is 5.32 Å². The molecule has 0 bridgehead atoms. The van der Waals surface area contributed by atoms with Gasteiger partial charge in [0.25, 0.3) is 0 Å². The van der Waals surface area contributed by atoms with Crippen LogP contribution in [0, 0.1) is 6.92 Å². The predicted octanol–water partition coefficient (Wildman–Crippen LogP) is 2.39. The van der Waals surface area contributed by atoms with E-state index in [2.05, 4.69) is 24.1 Å². The zero-order valence-corrected chi connectivity index (χ0v) is 8.42. The summed E-state index contributed by atoms with van der Waals surface area (Å²) < 4.78 is 0. The van der Waals surface area contributed by atoms with Crippen molar-refractivity contribution in [2.45, 2.75) is 26.2 Å². The number of unbranched alkanes of at least 4 members (excludes halogenated alkanes) is 1. The minimum absolute atomic E-state index is 0.0322. The van der Waals surface area contributed by atoms with Crippen molar-refractivity contribution in [2.75, 3.05) is 5.32 Å². The molecule has 1 heterocycles. The van der Waals surface area contributed by atoms with Gasteiger partial charge in [-0.1, -0.05) is 13.3 Å². The van der Waals surface area contributed by atoms with E-state index in [4.69, 9.17) is 0 Å². The van der Waals surface area contributed by atoms with E-state index in [-0.39, 0.29) is 5.91 Å². The Morgan fingerprint density at radius 3 is 3.07 bits per heavy atom. The quantitative estimate of drug-likeness (QED) is 0.794. The largest absolute Gasteiger partial charge is 0.324 e. The lowest BCUT2D eigenvalue weighted by Crippen LogP contribution is -2.12. The van der Waals surface area contributed by atoms with Gasteiger partial charge in [0.2, 0.25) is 5.91 Å². The summed E-state index contributed by atoms with van der Waals surface area (Å²) in [5.41, 5.74) is 1.31. The van der Waals surface area contributed by atoms with Crippen LogP contribution in [0.15, 0.2) is 18.3 Å². The van der Waals surface area contributed by atoms with Gasteiger partial charge in [0.15, 0.2) is 0 Å². The summed E-state index contributed by atoms with van der Waals surface area (Å²) in [4.78, 5) is 15.3. The van der Waals surface area contributed by atoms with E-state index in [1.807, 2.05) is 0 Å². The molecule has 1 aromatic heterocycles. The van der Waals surface area contributed by atoms with Gasteiger partial charge in [0.1, 0.15) is 0 Å². The van der Waals surface area contributed by atoms with E-state index in [0.29, 0.717) is 17.8 Å². The van der Waals surface area contributed by atoms with Crippen molar-refractivity contribution < 1.29 is 4.79 Å². The normalized spacial score (nSPS) is 9.86. The van der Waals surface area contributed by atoms with Crippen LogP contribution in [0.2, 0.25) is 0 Å². The standard InChI is InChI=1S/C11H15N2O/c1-3-4-7-11(14)13-10-6-5-8-12-9(10)2/h5-6,8H,2-4,7H2,1H3,(H,13,14). The van der Waals surface area contributed by atoms with Gasteiger partial charge in [0.05, 0.1) is 11.4 Å². The van der Waals surface area contributed by atoms with Crippen molar-refractivity contribution in [2.24, 2.45) is 0 Å². The number of carbonyl (C=O) groups is 1. The molecular weight excluding hydrogens is 176 g/mol. The Bertz CT molecular complexity index is 310. The smallest absolute Gasteiger partial charge is 0.224 e. The van der Waals surface area contributed by atoms with Gasteiger partial charge in [-0.25, -0.2) is 0 Å². The third-order valence-corrected chi connectivity index (χ3v) is 1.92. The Kier molecular flexibility index (Phi) is 4.11. The van der Waals surface area contributed by atoms with Crippen LogP contribution in [0.4, 0.5) is 5.69 Å². The summed E-state index contributed by atoms with van der Waals surface area (Å²) in [6.45, 7) is 5.79. The summed E-state index contributed by atoms with van der Waals surface area (Å²) in [5, 5.41) is 2.78. The monoisotopic (exact) mass is 191 g/mol. The van der Waals surface area contributed by atoms with Crippen LogP contribution in [-0.2, 0) is 4.79 Å². The molecule has 0 unspecified atom stereocenters. The molecule has 14 heavy (non-hydrogen) atoms. The van der Waals surface area contributed by atoms with Crippen molar-refractivity contribution in [3.63, 3.8) is 0 Å². The van der Waals surface area contributed by atoms with Gasteiger partial charge >= 0.3 is 0 Å². The molecule has 0 aliphatic rings. The fourth-order valence-electron chi connectivity index (χ4n) is 1.10. The van der Waals surface area contributed by atoms with Crippen molar-refractivity contribution in [1.82, 2.24) is 4.98 Å². The summed E-state index contributed by atoms with van der Waals surface area (Å²) in [7, 11) is 0. The molecule has 0 aliphatic heterocycles. The van der Waals surface area contributed by atoms with Crippen LogP contribution in [0.1, 0.15) is 31.9 Å². The topological polar surface area (TPSA) is 42.0 Å². The first-order valence-electron chi connectivity index (χ1n) is 4.81. The second kappa shape index (κ2) is 5.37. The van der Waals surface area contributed by atoms with Crippen LogP contribution < -0.4 is 5.32 Å². The number of pyridine rings is 1. The Hall–Kier alpha value is -1.38. The third kappa shape index (κ3) is 3.17. The molecule has 0 atom stereocenters. The summed E-state index contributed by atoms with van der Waals surface area (Å²) in [6, 6.07) is 3.59. The molecule has 75 valence electrons. The second-order valence-electron chi connectivity index (χ2n) is 3.15.